The normalized spacial score (nSPS) is 18.4. The average molecular weight is 1000 g/mol. The molecule has 4 atom stereocenters. The highest BCUT2D eigenvalue weighted by atomic mass is 79.9. The second kappa shape index (κ2) is 21.2. The number of fused-ring (bicyclic) bond motifs is 2. The fourth-order valence-electron chi connectivity index (χ4n) is 7.43. The number of aromatic nitrogens is 4. The zero-order valence-electron chi connectivity index (χ0n) is 35.3. The molecule has 4 heterocycles. The number of rotatable bonds is 7. The van der Waals surface area contributed by atoms with Crippen molar-refractivity contribution in [1.29, 1.82) is 0 Å². The number of carbonyl (C=O) groups excluding carboxylic acids is 2. The molecule has 0 radical (unpaired) electrons. The topological polar surface area (TPSA) is 206 Å². The van der Waals surface area contributed by atoms with E-state index in [1.807, 2.05) is 11.8 Å². The van der Waals surface area contributed by atoms with Crippen LogP contribution in [-0.2, 0) is 21.8 Å². The first-order valence-electron chi connectivity index (χ1n) is 20.3. The average Bonchev–Trinajstić information content (AvgIpc) is 3.28. The molecule has 0 spiro atoms. The van der Waals surface area contributed by atoms with Crippen LogP contribution >= 0.6 is 15.9 Å². The molecule has 0 unspecified atom stereocenters. The minimum Gasteiger partial charge on any atom is -0.457 e. The Bertz CT molecular complexity index is 2750. The van der Waals surface area contributed by atoms with Crippen molar-refractivity contribution in [2.75, 3.05) is 31.1 Å². The van der Waals surface area contributed by atoms with E-state index < -0.39 is 51.4 Å². The number of nitro benzene ring substituents is 2. The van der Waals surface area contributed by atoms with Crippen molar-refractivity contribution < 1.29 is 55.3 Å². The second-order valence-electron chi connectivity index (χ2n) is 15.6. The lowest BCUT2D eigenvalue weighted by atomic mass is 9.96. The van der Waals surface area contributed by atoms with Crippen LogP contribution in [0.3, 0.4) is 0 Å². The molecule has 0 saturated carbocycles. The van der Waals surface area contributed by atoms with E-state index in [4.69, 9.17) is 9.47 Å². The first-order valence-corrected chi connectivity index (χ1v) is 21.1. The standard InChI is InChI=1S/C22H19F3N4O4.C13H16N2O4.C9H4BrF3N2/c1-13-10-16(33-21(30)14-2-4-15(5-3-14)29(31)32)12-28(11-13)18-7-6-17(22(23,24)25)19-20(18)27-9-8-26-19;1-9-6-12(8-14-7-9)19-13(16)10-2-4-11(5-3-10)15(17)18;10-6-2-1-5(9(11,12)13)7-8(6)15-4-3-14-7/h2-9,13,16H,10-12H2,1H3;2-5,9,12,14H,6-8H2,1H3;1-4H/t13-,16-;9-,12-;/m00./s1. The molecule has 2 fully saturated rings. The number of halogens is 7. The van der Waals surface area contributed by atoms with Crippen LogP contribution in [0.25, 0.3) is 22.1 Å². The Labute approximate surface area is 385 Å². The van der Waals surface area contributed by atoms with E-state index in [0.717, 1.165) is 25.1 Å². The molecule has 23 heteroatoms. The molecular weight excluding hydrogens is 962 g/mol. The van der Waals surface area contributed by atoms with Gasteiger partial charge in [0.15, 0.2) is 0 Å². The van der Waals surface area contributed by atoms with Gasteiger partial charge in [0.2, 0.25) is 0 Å². The van der Waals surface area contributed by atoms with Gasteiger partial charge >= 0.3 is 24.3 Å². The molecule has 0 bridgehead atoms. The lowest BCUT2D eigenvalue weighted by Gasteiger charge is -2.37. The van der Waals surface area contributed by atoms with E-state index in [-0.39, 0.29) is 57.6 Å². The Morgan fingerprint density at radius 3 is 1.57 bits per heavy atom. The zero-order chi connectivity index (χ0) is 48.6. The number of carbonyl (C=O) groups is 2. The highest BCUT2D eigenvalue weighted by Gasteiger charge is 2.36. The molecule has 2 aliphatic rings. The molecular formula is C44H39BrF6N8O8. The third-order valence-electron chi connectivity index (χ3n) is 10.5. The van der Waals surface area contributed by atoms with Gasteiger partial charge in [0.25, 0.3) is 11.4 Å². The van der Waals surface area contributed by atoms with E-state index in [1.165, 1.54) is 85.5 Å². The molecule has 2 aliphatic heterocycles. The van der Waals surface area contributed by atoms with Gasteiger partial charge in [0, 0.05) is 66.6 Å². The fourth-order valence-corrected chi connectivity index (χ4v) is 7.85. The van der Waals surface area contributed by atoms with Crippen molar-refractivity contribution in [3.05, 3.63) is 145 Å². The Morgan fingerprint density at radius 1 is 0.627 bits per heavy atom. The summed E-state index contributed by atoms with van der Waals surface area (Å²) in [7, 11) is 0. The highest BCUT2D eigenvalue weighted by Crippen LogP contribution is 2.38. The van der Waals surface area contributed by atoms with Gasteiger partial charge in [-0.2, -0.15) is 26.3 Å². The summed E-state index contributed by atoms with van der Waals surface area (Å²) >= 11 is 3.13. The fraction of sp³-hybridized carbons (Fsp3) is 0.318. The summed E-state index contributed by atoms with van der Waals surface area (Å²) in [4.78, 5) is 62.1. The van der Waals surface area contributed by atoms with Gasteiger partial charge in [-0.15, -0.1) is 0 Å². The van der Waals surface area contributed by atoms with Gasteiger partial charge in [-0.25, -0.2) is 9.59 Å². The Morgan fingerprint density at radius 2 is 1.07 bits per heavy atom. The van der Waals surface area contributed by atoms with Gasteiger partial charge in [0.05, 0.1) is 44.3 Å². The Hall–Kier alpha value is -6.88. The van der Waals surface area contributed by atoms with E-state index in [9.17, 15) is 56.2 Å². The summed E-state index contributed by atoms with van der Waals surface area (Å²) < 4.78 is 89.4. The predicted molar refractivity (Wildman–Crippen MR) is 234 cm³/mol. The maximum Gasteiger partial charge on any atom is 0.418 e. The summed E-state index contributed by atoms with van der Waals surface area (Å²) in [6.07, 6.45) is -3.07. The largest absolute Gasteiger partial charge is 0.457 e. The quantitative estimate of drug-likeness (QED) is 0.0684. The number of ether oxygens (including phenoxy) is 2. The van der Waals surface area contributed by atoms with Crippen molar-refractivity contribution >= 4 is 67.0 Å². The Balaban J connectivity index is 0.000000183. The lowest BCUT2D eigenvalue weighted by molar-refractivity contribution is -0.385. The van der Waals surface area contributed by atoms with Crippen LogP contribution in [0.1, 0.15) is 58.5 Å². The van der Waals surface area contributed by atoms with Crippen molar-refractivity contribution in [3.63, 3.8) is 0 Å². The molecule has 4 aromatic carbocycles. The van der Waals surface area contributed by atoms with Crippen molar-refractivity contribution in [1.82, 2.24) is 25.3 Å². The molecule has 2 aromatic heterocycles. The van der Waals surface area contributed by atoms with E-state index >= 15 is 0 Å². The summed E-state index contributed by atoms with van der Waals surface area (Å²) in [6, 6.07) is 15.2. The van der Waals surface area contributed by atoms with Crippen LogP contribution in [0.2, 0.25) is 0 Å². The second-order valence-corrected chi connectivity index (χ2v) is 16.5. The molecule has 8 rings (SSSR count). The number of non-ortho nitro benzene ring substituents is 2. The van der Waals surface area contributed by atoms with E-state index in [2.05, 4.69) is 48.1 Å². The number of benzene rings is 4. The van der Waals surface area contributed by atoms with Gasteiger partial charge in [0.1, 0.15) is 34.3 Å². The van der Waals surface area contributed by atoms with Crippen LogP contribution in [0.15, 0.2) is 102 Å². The molecule has 0 amide bonds. The first-order chi connectivity index (χ1) is 31.7. The van der Waals surface area contributed by atoms with Crippen molar-refractivity contribution in [2.24, 2.45) is 11.8 Å². The summed E-state index contributed by atoms with van der Waals surface area (Å²) in [6.45, 7) is 6.45. The number of hydrogen-bond donors (Lipinski definition) is 1. The number of esters is 2. The lowest BCUT2D eigenvalue weighted by Crippen LogP contribution is -2.44. The molecule has 352 valence electrons. The summed E-state index contributed by atoms with van der Waals surface area (Å²) in [5.74, 6) is -0.498. The predicted octanol–water partition coefficient (Wildman–Crippen LogP) is 9.79. The molecule has 16 nitrogen and oxygen atoms in total. The number of piperidine rings is 2. The third kappa shape index (κ3) is 12.7. The van der Waals surface area contributed by atoms with Crippen LogP contribution in [0.5, 0.6) is 0 Å². The maximum atomic E-state index is 13.4. The van der Waals surface area contributed by atoms with Gasteiger partial charge < -0.3 is 19.7 Å². The third-order valence-corrected chi connectivity index (χ3v) is 11.1. The maximum absolute atomic E-state index is 13.4. The van der Waals surface area contributed by atoms with Crippen LogP contribution in [-0.4, -0.2) is 80.1 Å². The highest BCUT2D eigenvalue weighted by molar-refractivity contribution is 9.10. The minimum atomic E-state index is -4.56. The number of nitro groups is 2. The number of alkyl halides is 6. The van der Waals surface area contributed by atoms with Gasteiger partial charge in [-0.05, 0) is 95.7 Å². The van der Waals surface area contributed by atoms with E-state index in [1.54, 1.807) is 0 Å². The zero-order valence-corrected chi connectivity index (χ0v) is 36.9. The number of hydrogen-bond acceptors (Lipinski definition) is 14. The Kier molecular flexibility index (Phi) is 15.7. The summed E-state index contributed by atoms with van der Waals surface area (Å²) in [5, 5.41) is 24.5. The number of nitrogens with one attached hydrogen (secondary N) is 1. The summed E-state index contributed by atoms with van der Waals surface area (Å²) in [5.41, 5.74) is -0.846. The molecule has 0 aliphatic carbocycles. The molecule has 1 N–H and O–H groups in total. The smallest absolute Gasteiger partial charge is 0.418 e. The van der Waals surface area contributed by atoms with Gasteiger partial charge in [-0.1, -0.05) is 13.8 Å². The van der Waals surface area contributed by atoms with Crippen LogP contribution in [0.4, 0.5) is 43.4 Å². The minimum absolute atomic E-state index is 0.0375. The SMILES string of the molecule is C[C@@H]1CNC[C@@H](OC(=O)c2ccc([N+](=O)[O-])cc2)C1.C[C@H]1C[C@H](OC(=O)c2ccc([N+](=O)[O-])cc2)CN(c2ccc(C(F)(F)F)c3nccnc23)C1.FC(F)(F)c1ccc(Br)c2nccnc12. The first kappa shape index (κ1) is 49.6. The molecule has 67 heavy (non-hydrogen) atoms. The van der Waals surface area contributed by atoms with E-state index in [0.29, 0.717) is 41.2 Å². The van der Waals surface area contributed by atoms with Crippen molar-refractivity contribution in [2.45, 2.75) is 51.2 Å². The number of anilines is 1. The molecule has 2 saturated heterocycles. The number of nitrogens with zero attached hydrogens (tertiary/aromatic N) is 7. The monoisotopic (exact) mass is 1000 g/mol. The van der Waals surface area contributed by atoms with Gasteiger partial charge in [-0.3, -0.25) is 40.2 Å². The van der Waals surface area contributed by atoms with Crippen LogP contribution < -0.4 is 10.2 Å². The van der Waals surface area contributed by atoms with Crippen LogP contribution in [0, 0.1) is 32.1 Å². The molecule has 6 aromatic rings. The van der Waals surface area contributed by atoms with Crippen molar-refractivity contribution in [3.8, 4) is 0 Å².